The Morgan fingerprint density at radius 1 is 1.10 bits per heavy atom. The molecule has 1 aliphatic rings. The van der Waals surface area contributed by atoms with Crippen molar-refractivity contribution in [1.29, 1.82) is 0 Å². The molecule has 0 spiro atoms. The molecule has 0 unspecified atom stereocenters. The molecule has 4 heteroatoms. The maximum Gasteiger partial charge on any atom is 0.205 e. The molecule has 21 heavy (non-hydrogen) atoms. The van der Waals surface area contributed by atoms with Crippen LogP contribution < -0.4 is 0 Å². The minimum atomic E-state index is 0.473. The highest BCUT2D eigenvalue weighted by Crippen LogP contribution is 2.32. The van der Waals surface area contributed by atoms with E-state index in [1.807, 2.05) is 0 Å². The third-order valence-electron chi connectivity index (χ3n) is 3.31. The first-order chi connectivity index (χ1) is 10.3. The Bertz CT molecular complexity index is 728. The fourth-order valence-electron chi connectivity index (χ4n) is 2.00. The molecule has 0 bridgehead atoms. The molecule has 1 fully saturated rings. The smallest absolute Gasteiger partial charge is 0.205 e. The average Bonchev–Trinajstić information content (AvgIpc) is 3.32. The van der Waals surface area contributed by atoms with E-state index in [-0.39, 0.29) is 0 Å². The van der Waals surface area contributed by atoms with Crippen LogP contribution in [0.3, 0.4) is 0 Å². The van der Waals surface area contributed by atoms with Crippen LogP contribution >= 0.6 is 12.2 Å². The molecule has 0 radical (unpaired) electrons. The van der Waals surface area contributed by atoms with Crippen molar-refractivity contribution in [3.05, 3.63) is 53.6 Å². The van der Waals surface area contributed by atoms with Crippen molar-refractivity contribution < 1.29 is 0 Å². The first-order valence-electron chi connectivity index (χ1n) is 6.84. The van der Waals surface area contributed by atoms with Crippen molar-refractivity contribution >= 4 is 23.1 Å². The lowest BCUT2D eigenvalue weighted by Crippen LogP contribution is -1.88. The highest BCUT2D eigenvalue weighted by Gasteiger charge is 2.20. The van der Waals surface area contributed by atoms with E-state index >= 15 is 0 Å². The second kappa shape index (κ2) is 6.41. The Labute approximate surface area is 129 Å². The Morgan fingerprint density at radius 2 is 1.81 bits per heavy atom. The monoisotopic (exact) mass is 291 g/mol. The summed E-state index contributed by atoms with van der Waals surface area (Å²) in [5.41, 5.74) is 2.95. The third-order valence-corrected chi connectivity index (χ3v) is 3.40. The molecule has 0 amide bonds. The molecule has 0 aliphatic heterocycles. The van der Waals surface area contributed by atoms with Crippen LogP contribution in [0.15, 0.2) is 41.7 Å². The van der Waals surface area contributed by atoms with Crippen LogP contribution in [0.5, 0.6) is 0 Å². The number of isothiocyanates is 1. The Morgan fingerprint density at radius 3 is 2.43 bits per heavy atom. The summed E-state index contributed by atoms with van der Waals surface area (Å²) in [4.78, 5) is 12.0. The van der Waals surface area contributed by atoms with Crippen molar-refractivity contribution in [2.75, 3.05) is 0 Å². The van der Waals surface area contributed by atoms with Gasteiger partial charge in [0, 0.05) is 5.56 Å². The average molecular weight is 291 g/mol. The Kier molecular flexibility index (Phi) is 4.16. The fraction of sp³-hybridized carbons (Fsp3) is 0.235. The van der Waals surface area contributed by atoms with Gasteiger partial charge >= 0.3 is 0 Å². The van der Waals surface area contributed by atoms with E-state index in [0.29, 0.717) is 11.5 Å². The van der Waals surface area contributed by atoms with E-state index in [1.54, 1.807) is 12.4 Å². The number of benzene rings is 1. The molecule has 1 saturated carbocycles. The summed E-state index contributed by atoms with van der Waals surface area (Å²) in [6.45, 7) is 0. The topological polar surface area (TPSA) is 38.1 Å². The van der Waals surface area contributed by atoms with Gasteiger partial charge in [-0.2, -0.15) is 4.99 Å². The third kappa shape index (κ3) is 4.06. The van der Waals surface area contributed by atoms with Gasteiger partial charge in [0.15, 0.2) is 0 Å². The second-order valence-corrected chi connectivity index (χ2v) is 5.24. The normalized spacial score (nSPS) is 13.0. The number of nitrogens with zero attached hydrogens (tertiary/aromatic N) is 3. The standard InChI is InChI=1S/C17H13N3S/c21-12-20-16-10-18-17(19-11-16)8-7-13-1-3-14(4-2-13)9-15-5-6-15/h1-4,10-11,15H,5-6,9H2. The second-order valence-electron chi connectivity index (χ2n) is 5.06. The first kappa shape index (κ1) is 13.6. The zero-order valence-corrected chi connectivity index (χ0v) is 12.2. The summed E-state index contributed by atoms with van der Waals surface area (Å²) >= 11 is 4.52. The van der Waals surface area contributed by atoms with Crippen molar-refractivity contribution in [2.24, 2.45) is 10.9 Å². The van der Waals surface area contributed by atoms with Crippen LogP contribution in [0, 0.1) is 17.8 Å². The Hall–Kier alpha value is -2.34. The summed E-state index contributed by atoms with van der Waals surface area (Å²) in [6.07, 6.45) is 7.10. The molecule has 1 aliphatic carbocycles. The predicted molar refractivity (Wildman–Crippen MR) is 85.6 cm³/mol. The van der Waals surface area contributed by atoms with E-state index in [4.69, 9.17) is 0 Å². The number of aliphatic imine (C=N–C) groups is 1. The maximum atomic E-state index is 4.52. The maximum absolute atomic E-state index is 4.52. The van der Waals surface area contributed by atoms with Crippen LogP contribution in [-0.2, 0) is 6.42 Å². The molecule has 0 atom stereocenters. The summed E-state index contributed by atoms with van der Waals surface area (Å²) in [5, 5.41) is 2.28. The molecular formula is C17H13N3S. The number of hydrogen-bond donors (Lipinski definition) is 0. The minimum Gasteiger partial charge on any atom is -0.227 e. The van der Waals surface area contributed by atoms with Crippen molar-refractivity contribution in [1.82, 2.24) is 9.97 Å². The zero-order valence-electron chi connectivity index (χ0n) is 11.4. The van der Waals surface area contributed by atoms with Gasteiger partial charge in [-0.3, -0.25) is 0 Å². The summed E-state index contributed by atoms with van der Waals surface area (Å²) in [5.74, 6) is 7.39. The molecule has 0 N–H and O–H groups in total. The number of aromatic nitrogens is 2. The number of thiocarbonyl (C=S) groups is 1. The highest BCUT2D eigenvalue weighted by molar-refractivity contribution is 7.78. The van der Waals surface area contributed by atoms with Crippen LogP contribution in [0.2, 0.25) is 0 Å². The van der Waals surface area contributed by atoms with Crippen molar-refractivity contribution in [2.45, 2.75) is 19.3 Å². The molecule has 2 aromatic rings. The number of rotatable bonds is 3. The quantitative estimate of drug-likeness (QED) is 0.493. The lowest BCUT2D eigenvalue weighted by molar-refractivity contribution is 0.832. The summed E-state index contributed by atoms with van der Waals surface area (Å²) in [7, 11) is 0. The molecular weight excluding hydrogens is 278 g/mol. The van der Waals surface area contributed by atoms with E-state index < -0.39 is 0 Å². The molecule has 1 aromatic heterocycles. The van der Waals surface area contributed by atoms with Crippen LogP contribution in [-0.4, -0.2) is 15.1 Å². The molecule has 102 valence electrons. The highest BCUT2D eigenvalue weighted by atomic mass is 32.1. The molecule has 0 saturated heterocycles. The lowest BCUT2D eigenvalue weighted by atomic mass is 10.1. The SMILES string of the molecule is S=C=Nc1cnc(C#Cc2ccc(CC3CC3)cc2)nc1. The van der Waals surface area contributed by atoms with Gasteiger partial charge in [-0.25, -0.2) is 9.97 Å². The summed E-state index contributed by atoms with van der Waals surface area (Å²) < 4.78 is 0. The fourth-order valence-corrected chi connectivity index (χ4v) is 2.11. The number of hydrogen-bond acceptors (Lipinski definition) is 4. The van der Waals surface area contributed by atoms with Crippen molar-refractivity contribution in [3.8, 4) is 11.8 Å². The van der Waals surface area contributed by atoms with E-state index in [2.05, 4.69) is 68.4 Å². The van der Waals surface area contributed by atoms with Gasteiger partial charge in [0.25, 0.3) is 0 Å². The molecule has 3 nitrogen and oxygen atoms in total. The lowest BCUT2D eigenvalue weighted by Gasteiger charge is -1.98. The summed E-state index contributed by atoms with van der Waals surface area (Å²) in [6, 6.07) is 8.41. The van der Waals surface area contributed by atoms with Crippen LogP contribution in [0.4, 0.5) is 5.69 Å². The van der Waals surface area contributed by atoms with Gasteiger partial charge in [-0.15, -0.1) is 0 Å². The molecule has 1 aromatic carbocycles. The molecule has 3 rings (SSSR count). The van der Waals surface area contributed by atoms with Crippen LogP contribution in [0.1, 0.15) is 29.8 Å². The van der Waals surface area contributed by atoms with Gasteiger partial charge in [0.1, 0.15) is 5.69 Å². The van der Waals surface area contributed by atoms with Gasteiger partial charge in [-0.1, -0.05) is 18.1 Å². The van der Waals surface area contributed by atoms with Gasteiger partial charge < -0.3 is 0 Å². The van der Waals surface area contributed by atoms with Crippen molar-refractivity contribution in [3.63, 3.8) is 0 Å². The van der Waals surface area contributed by atoms with Crippen LogP contribution in [0.25, 0.3) is 0 Å². The van der Waals surface area contributed by atoms with E-state index in [9.17, 15) is 0 Å². The van der Waals surface area contributed by atoms with Gasteiger partial charge in [0.05, 0.1) is 17.6 Å². The zero-order chi connectivity index (χ0) is 14.5. The van der Waals surface area contributed by atoms with E-state index in [1.165, 1.54) is 24.8 Å². The Balaban J connectivity index is 1.69. The van der Waals surface area contributed by atoms with E-state index in [0.717, 1.165) is 11.5 Å². The van der Waals surface area contributed by atoms with Gasteiger partial charge in [0.2, 0.25) is 5.82 Å². The first-order valence-corrected chi connectivity index (χ1v) is 7.25. The predicted octanol–water partition coefficient (Wildman–Crippen LogP) is 3.56. The van der Waals surface area contributed by atoms with Gasteiger partial charge in [-0.05, 0) is 61.0 Å². The largest absolute Gasteiger partial charge is 0.227 e. The molecule has 1 heterocycles. The minimum absolute atomic E-state index is 0.473.